The van der Waals surface area contributed by atoms with Crippen LogP contribution in [0.15, 0.2) is 73.1 Å². The molecule has 33 heavy (non-hydrogen) atoms. The Kier molecular flexibility index (Phi) is 5.52. The van der Waals surface area contributed by atoms with Gasteiger partial charge < -0.3 is 14.7 Å². The fourth-order valence-corrected chi connectivity index (χ4v) is 4.24. The first-order valence-electron chi connectivity index (χ1n) is 11.0. The molecule has 0 bridgehead atoms. The zero-order valence-electron chi connectivity index (χ0n) is 18.2. The van der Waals surface area contributed by atoms with Gasteiger partial charge in [-0.3, -0.25) is 14.9 Å². The lowest BCUT2D eigenvalue weighted by atomic mass is 9.95. The van der Waals surface area contributed by atoms with Gasteiger partial charge in [0.25, 0.3) is 5.91 Å². The zero-order valence-corrected chi connectivity index (χ0v) is 18.2. The molecular formula is C26H24N4O3. The van der Waals surface area contributed by atoms with E-state index < -0.39 is 0 Å². The first-order valence-corrected chi connectivity index (χ1v) is 11.0. The molecule has 1 atom stereocenters. The van der Waals surface area contributed by atoms with Gasteiger partial charge in [0.2, 0.25) is 0 Å². The van der Waals surface area contributed by atoms with Gasteiger partial charge >= 0.3 is 0 Å². The molecule has 1 aliphatic heterocycles. The van der Waals surface area contributed by atoms with E-state index in [1.54, 1.807) is 30.6 Å². The maximum atomic E-state index is 13.5. The normalized spacial score (nSPS) is 15.0. The number of para-hydroxylation sites is 1. The van der Waals surface area contributed by atoms with Gasteiger partial charge in [-0.15, -0.1) is 0 Å². The molecule has 4 aromatic rings. The van der Waals surface area contributed by atoms with Crippen LogP contribution in [0, 0.1) is 0 Å². The van der Waals surface area contributed by atoms with Crippen LogP contribution in [-0.4, -0.2) is 37.7 Å². The molecular weight excluding hydrogens is 416 g/mol. The number of hydrogen-bond donors (Lipinski definition) is 2. The zero-order chi connectivity index (χ0) is 22.8. The molecule has 0 spiro atoms. The SMILES string of the molecule is CCCOc1ccc([C@@H]2c3c(-c4ccccc4O)n[nH]c3C(=O)N2Cc2ccncc2)cc1. The lowest BCUT2D eigenvalue weighted by molar-refractivity contribution is 0.0730. The molecule has 166 valence electrons. The molecule has 0 aliphatic carbocycles. The van der Waals surface area contributed by atoms with Crippen molar-refractivity contribution in [3.63, 3.8) is 0 Å². The minimum atomic E-state index is -0.366. The molecule has 2 aromatic carbocycles. The average molecular weight is 441 g/mol. The average Bonchev–Trinajstić information content (AvgIpc) is 3.38. The van der Waals surface area contributed by atoms with Crippen LogP contribution in [0.1, 0.15) is 46.6 Å². The second-order valence-corrected chi connectivity index (χ2v) is 7.99. The summed E-state index contributed by atoms with van der Waals surface area (Å²) < 4.78 is 5.74. The van der Waals surface area contributed by atoms with Gasteiger partial charge in [-0.05, 0) is 53.9 Å². The van der Waals surface area contributed by atoms with Crippen LogP contribution >= 0.6 is 0 Å². The van der Waals surface area contributed by atoms with E-state index in [1.165, 1.54) is 0 Å². The van der Waals surface area contributed by atoms with Gasteiger partial charge in [0.15, 0.2) is 0 Å². The van der Waals surface area contributed by atoms with E-state index in [2.05, 4.69) is 22.1 Å². The van der Waals surface area contributed by atoms with Crippen LogP contribution in [0.4, 0.5) is 0 Å². The smallest absolute Gasteiger partial charge is 0.273 e. The van der Waals surface area contributed by atoms with Crippen molar-refractivity contribution in [1.29, 1.82) is 0 Å². The second-order valence-electron chi connectivity index (χ2n) is 7.99. The fourth-order valence-electron chi connectivity index (χ4n) is 4.24. The summed E-state index contributed by atoms with van der Waals surface area (Å²) in [5, 5.41) is 17.8. The number of H-pyrrole nitrogens is 1. The van der Waals surface area contributed by atoms with Crippen LogP contribution in [0.3, 0.4) is 0 Å². The molecule has 2 N–H and O–H groups in total. The van der Waals surface area contributed by atoms with E-state index in [0.29, 0.717) is 30.1 Å². The third-order valence-corrected chi connectivity index (χ3v) is 5.79. The van der Waals surface area contributed by atoms with E-state index >= 15 is 0 Å². The summed E-state index contributed by atoms with van der Waals surface area (Å²) in [6.45, 7) is 3.14. The molecule has 5 rings (SSSR count). The van der Waals surface area contributed by atoms with Gasteiger partial charge in [0.05, 0.1) is 12.6 Å². The summed E-state index contributed by atoms with van der Waals surface area (Å²) >= 11 is 0. The number of rotatable bonds is 7. The Hall–Kier alpha value is -4.13. The molecule has 3 heterocycles. The number of pyridine rings is 1. The number of benzene rings is 2. The van der Waals surface area contributed by atoms with Crippen molar-refractivity contribution in [3.8, 4) is 22.8 Å². The Morgan fingerprint density at radius 1 is 1.06 bits per heavy atom. The summed E-state index contributed by atoms with van der Waals surface area (Å²) in [6, 6.07) is 18.3. The highest BCUT2D eigenvalue weighted by Crippen LogP contribution is 2.45. The van der Waals surface area contributed by atoms with Crippen molar-refractivity contribution in [3.05, 3.63) is 95.4 Å². The van der Waals surface area contributed by atoms with Crippen molar-refractivity contribution in [2.45, 2.75) is 25.9 Å². The predicted octanol–water partition coefficient (Wildman–Crippen LogP) is 4.71. The van der Waals surface area contributed by atoms with Crippen LogP contribution in [0.25, 0.3) is 11.3 Å². The summed E-state index contributed by atoms with van der Waals surface area (Å²) in [5.41, 5.74) is 4.29. The van der Waals surface area contributed by atoms with Crippen LogP contribution < -0.4 is 4.74 Å². The summed E-state index contributed by atoms with van der Waals surface area (Å²) in [6.07, 6.45) is 4.37. The van der Waals surface area contributed by atoms with Crippen molar-refractivity contribution in [2.75, 3.05) is 6.61 Å². The number of fused-ring (bicyclic) bond motifs is 1. The van der Waals surface area contributed by atoms with Crippen LogP contribution in [0.2, 0.25) is 0 Å². The molecule has 7 nitrogen and oxygen atoms in total. The number of amides is 1. The van der Waals surface area contributed by atoms with Gasteiger partial charge in [-0.1, -0.05) is 31.2 Å². The lowest BCUT2D eigenvalue weighted by Gasteiger charge is -2.26. The first-order chi connectivity index (χ1) is 16.2. The minimum Gasteiger partial charge on any atom is -0.507 e. The first kappa shape index (κ1) is 20.8. The van der Waals surface area contributed by atoms with Crippen molar-refractivity contribution in [2.24, 2.45) is 0 Å². The summed E-state index contributed by atoms with van der Waals surface area (Å²) in [5.74, 6) is 0.778. The highest BCUT2D eigenvalue weighted by atomic mass is 16.5. The van der Waals surface area contributed by atoms with E-state index in [0.717, 1.165) is 28.9 Å². The van der Waals surface area contributed by atoms with Crippen molar-refractivity contribution in [1.82, 2.24) is 20.1 Å². The largest absolute Gasteiger partial charge is 0.507 e. The third kappa shape index (κ3) is 3.82. The number of aromatic amines is 1. The standard InChI is InChI=1S/C26H24N4O3/c1-2-15-33-19-9-7-18(8-10-19)25-22-23(20-5-3-4-6-21(20)31)28-29-24(22)26(32)30(25)16-17-11-13-27-14-12-17/h3-14,25,31H,2,15-16H2,1H3,(H,28,29)/t25-/m1/s1. The summed E-state index contributed by atoms with van der Waals surface area (Å²) in [7, 11) is 0. The number of ether oxygens (including phenoxy) is 1. The molecule has 1 amide bonds. The fraction of sp³-hybridized carbons (Fsp3) is 0.192. The minimum absolute atomic E-state index is 0.119. The molecule has 0 unspecified atom stereocenters. The Morgan fingerprint density at radius 2 is 1.82 bits per heavy atom. The number of phenolic OH excluding ortho intramolecular Hbond substituents is 1. The highest BCUT2D eigenvalue weighted by molar-refractivity contribution is 6.00. The van der Waals surface area contributed by atoms with Crippen molar-refractivity contribution >= 4 is 5.91 Å². The Bertz CT molecular complexity index is 1270. The molecule has 1 aliphatic rings. The van der Waals surface area contributed by atoms with Gasteiger partial charge in [-0.2, -0.15) is 5.10 Å². The molecule has 2 aromatic heterocycles. The van der Waals surface area contributed by atoms with Crippen LogP contribution in [-0.2, 0) is 6.54 Å². The number of phenols is 1. The monoisotopic (exact) mass is 440 g/mol. The molecule has 0 radical (unpaired) electrons. The van der Waals surface area contributed by atoms with Crippen LogP contribution in [0.5, 0.6) is 11.5 Å². The molecule has 0 saturated carbocycles. The molecule has 7 heteroatoms. The predicted molar refractivity (Wildman–Crippen MR) is 124 cm³/mol. The third-order valence-electron chi connectivity index (χ3n) is 5.79. The number of carbonyl (C=O) groups is 1. The Morgan fingerprint density at radius 3 is 2.55 bits per heavy atom. The number of hydrogen-bond acceptors (Lipinski definition) is 5. The number of aromatic hydroxyl groups is 1. The lowest BCUT2D eigenvalue weighted by Crippen LogP contribution is -2.29. The van der Waals surface area contributed by atoms with E-state index in [-0.39, 0.29) is 17.7 Å². The topological polar surface area (TPSA) is 91.3 Å². The van der Waals surface area contributed by atoms with Crippen molar-refractivity contribution < 1.29 is 14.6 Å². The van der Waals surface area contributed by atoms with E-state index in [4.69, 9.17) is 4.74 Å². The number of carbonyl (C=O) groups excluding carboxylic acids is 1. The van der Waals surface area contributed by atoms with E-state index in [9.17, 15) is 9.90 Å². The number of aromatic nitrogens is 3. The quantitative estimate of drug-likeness (QED) is 0.434. The number of nitrogens with zero attached hydrogens (tertiary/aromatic N) is 3. The van der Waals surface area contributed by atoms with Gasteiger partial charge in [-0.25, -0.2) is 0 Å². The van der Waals surface area contributed by atoms with Gasteiger partial charge in [0.1, 0.15) is 22.9 Å². The highest BCUT2D eigenvalue weighted by Gasteiger charge is 2.42. The van der Waals surface area contributed by atoms with E-state index in [1.807, 2.05) is 47.4 Å². The molecule has 0 saturated heterocycles. The number of nitrogens with one attached hydrogen (secondary N) is 1. The maximum Gasteiger partial charge on any atom is 0.273 e. The Balaban J connectivity index is 1.60. The molecule has 0 fully saturated rings. The summed E-state index contributed by atoms with van der Waals surface area (Å²) in [4.78, 5) is 19.4. The van der Waals surface area contributed by atoms with Gasteiger partial charge in [0, 0.05) is 30.1 Å². The second kappa shape index (κ2) is 8.78. The Labute approximate surface area is 191 Å². The maximum absolute atomic E-state index is 13.5.